The minimum atomic E-state index is -2.45. The van der Waals surface area contributed by atoms with Gasteiger partial charge in [-0.05, 0) is 37.2 Å². The minimum Gasteiger partial charge on any atom is -0.503 e. The molecule has 0 aromatic heterocycles. The van der Waals surface area contributed by atoms with Crippen LogP contribution in [-0.2, 0) is 9.59 Å². The molecule has 32 heavy (non-hydrogen) atoms. The molecule has 3 aliphatic rings. The lowest BCUT2D eigenvalue weighted by atomic mass is 9.82. The Morgan fingerprint density at radius 3 is 2.34 bits per heavy atom. The summed E-state index contributed by atoms with van der Waals surface area (Å²) in [7, 11) is -2.45. The van der Waals surface area contributed by atoms with E-state index < -0.39 is 22.3 Å². The Bertz CT molecular complexity index is 858. The maximum Gasteiger partial charge on any atom is 0.289 e. The van der Waals surface area contributed by atoms with Gasteiger partial charge in [0.05, 0.1) is 23.6 Å². The monoisotopic (exact) mass is 463 g/mol. The van der Waals surface area contributed by atoms with Crippen molar-refractivity contribution in [1.82, 2.24) is 15.1 Å². The number of hydrogen-bond acceptors (Lipinski definition) is 6. The molecule has 1 aliphatic carbocycles. The SMILES string of the molecule is O=C(NC1CCC(c2ccccc2)CC1)C1=C(O)C(=O)N(CCN2CCS(O)(O)CC2)C1. The predicted molar refractivity (Wildman–Crippen MR) is 125 cm³/mol. The molecule has 0 spiro atoms. The van der Waals surface area contributed by atoms with E-state index in [0.717, 1.165) is 25.7 Å². The van der Waals surface area contributed by atoms with Crippen molar-refractivity contribution < 1.29 is 23.8 Å². The van der Waals surface area contributed by atoms with E-state index in [2.05, 4.69) is 34.5 Å². The Morgan fingerprint density at radius 2 is 1.69 bits per heavy atom. The first-order chi connectivity index (χ1) is 15.3. The minimum absolute atomic E-state index is 0.0556. The van der Waals surface area contributed by atoms with Crippen LogP contribution in [0, 0.1) is 0 Å². The van der Waals surface area contributed by atoms with Gasteiger partial charge in [0.1, 0.15) is 0 Å². The molecule has 2 heterocycles. The summed E-state index contributed by atoms with van der Waals surface area (Å²) in [6.07, 6.45) is 3.77. The Kier molecular flexibility index (Phi) is 7.09. The second kappa shape index (κ2) is 9.82. The number of amides is 2. The van der Waals surface area contributed by atoms with E-state index in [1.807, 2.05) is 6.07 Å². The molecule has 2 amide bonds. The highest BCUT2D eigenvalue weighted by Crippen LogP contribution is 2.40. The number of carbonyl (C=O) groups excluding carboxylic acids is 2. The lowest BCUT2D eigenvalue weighted by molar-refractivity contribution is -0.128. The van der Waals surface area contributed by atoms with Crippen LogP contribution in [0.5, 0.6) is 0 Å². The van der Waals surface area contributed by atoms with Crippen molar-refractivity contribution in [1.29, 1.82) is 0 Å². The summed E-state index contributed by atoms with van der Waals surface area (Å²) in [6.45, 7) is 2.22. The first-order valence-corrected chi connectivity index (χ1v) is 13.2. The van der Waals surface area contributed by atoms with Crippen LogP contribution in [0.1, 0.15) is 37.2 Å². The first kappa shape index (κ1) is 23.1. The third-order valence-electron chi connectivity index (χ3n) is 6.89. The van der Waals surface area contributed by atoms with Crippen LogP contribution < -0.4 is 5.32 Å². The molecule has 2 fully saturated rings. The van der Waals surface area contributed by atoms with Gasteiger partial charge < -0.3 is 15.3 Å². The van der Waals surface area contributed by atoms with E-state index in [1.165, 1.54) is 10.5 Å². The van der Waals surface area contributed by atoms with Crippen LogP contribution in [0.25, 0.3) is 0 Å². The molecule has 0 unspecified atom stereocenters. The molecule has 4 rings (SSSR count). The maximum atomic E-state index is 12.8. The van der Waals surface area contributed by atoms with Crippen molar-refractivity contribution >= 4 is 22.4 Å². The smallest absolute Gasteiger partial charge is 0.289 e. The van der Waals surface area contributed by atoms with Gasteiger partial charge in [0.25, 0.3) is 11.8 Å². The van der Waals surface area contributed by atoms with E-state index >= 15 is 0 Å². The summed E-state index contributed by atoms with van der Waals surface area (Å²) in [5.74, 6) is -0.0976. The summed E-state index contributed by atoms with van der Waals surface area (Å²) in [6, 6.07) is 10.5. The van der Waals surface area contributed by atoms with Gasteiger partial charge in [0.2, 0.25) is 0 Å². The van der Waals surface area contributed by atoms with Gasteiger partial charge in [-0.25, -0.2) is 0 Å². The molecule has 8 nitrogen and oxygen atoms in total. The highest BCUT2D eigenvalue weighted by Gasteiger charge is 2.35. The summed E-state index contributed by atoms with van der Waals surface area (Å²) in [5, 5.41) is 13.3. The van der Waals surface area contributed by atoms with Crippen LogP contribution in [0.15, 0.2) is 41.7 Å². The van der Waals surface area contributed by atoms with Crippen molar-refractivity contribution in [2.24, 2.45) is 0 Å². The predicted octanol–water partition coefficient (Wildman–Crippen LogP) is 2.55. The fourth-order valence-electron chi connectivity index (χ4n) is 4.80. The number of benzene rings is 1. The zero-order valence-electron chi connectivity index (χ0n) is 18.3. The van der Waals surface area contributed by atoms with Gasteiger partial charge in [-0.3, -0.25) is 23.6 Å². The topological polar surface area (TPSA) is 113 Å². The molecule has 0 radical (unpaired) electrons. The van der Waals surface area contributed by atoms with E-state index in [0.29, 0.717) is 43.6 Å². The van der Waals surface area contributed by atoms with Crippen molar-refractivity contribution in [2.45, 2.75) is 37.6 Å². The molecule has 2 aliphatic heterocycles. The molecule has 1 aromatic rings. The van der Waals surface area contributed by atoms with Gasteiger partial charge in [0, 0.05) is 32.2 Å². The molecule has 1 saturated heterocycles. The zero-order valence-corrected chi connectivity index (χ0v) is 19.1. The number of hydrogen-bond donors (Lipinski definition) is 4. The molecule has 1 aromatic carbocycles. The van der Waals surface area contributed by atoms with E-state index in [9.17, 15) is 23.8 Å². The molecule has 176 valence electrons. The lowest BCUT2D eigenvalue weighted by Crippen LogP contribution is -2.43. The van der Waals surface area contributed by atoms with Crippen LogP contribution in [0.3, 0.4) is 0 Å². The number of carbonyl (C=O) groups is 2. The second-order valence-electron chi connectivity index (χ2n) is 9.04. The van der Waals surface area contributed by atoms with Gasteiger partial charge in [-0.1, -0.05) is 30.3 Å². The molecule has 9 heteroatoms. The second-order valence-corrected chi connectivity index (χ2v) is 11.5. The molecule has 4 N–H and O–H groups in total. The highest BCUT2D eigenvalue weighted by atomic mass is 32.3. The summed E-state index contributed by atoms with van der Waals surface area (Å²) >= 11 is 0. The van der Waals surface area contributed by atoms with Crippen LogP contribution in [0.2, 0.25) is 0 Å². The molecule has 0 bridgehead atoms. The Hall–Kier alpha value is -2.07. The van der Waals surface area contributed by atoms with Crippen LogP contribution >= 0.6 is 10.6 Å². The largest absolute Gasteiger partial charge is 0.503 e. The molecule has 1 saturated carbocycles. The molecule has 0 atom stereocenters. The Morgan fingerprint density at radius 1 is 1.03 bits per heavy atom. The maximum absolute atomic E-state index is 12.8. The average molecular weight is 464 g/mol. The van der Waals surface area contributed by atoms with Crippen molar-refractivity contribution in [2.75, 3.05) is 44.2 Å². The zero-order chi connectivity index (χ0) is 22.7. The van der Waals surface area contributed by atoms with E-state index in [1.54, 1.807) is 0 Å². The van der Waals surface area contributed by atoms with Crippen molar-refractivity contribution in [3.8, 4) is 0 Å². The third-order valence-corrected chi connectivity index (χ3v) is 8.56. The molecular weight excluding hydrogens is 430 g/mol. The summed E-state index contributed by atoms with van der Waals surface area (Å²) in [5.41, 5.74) is 1.49. The van der Waals surface area contributed by atoms with Gasteiger partial charge in [-0.15, -0.1) is 0 Å². The number of nitrogens with one attached hydrogen (secondary N) is 1. The van der Waals surface area contributed by atoms with Gasteiger partial charge in [-0.2, -0.15) is 10.6 Å². The first-order valence-electron chi connectivity index (χ1n) is 11.4. The van der Waals surface area contributed by atoms with Crippen molar-refractivity contribution in [3.05, 3.63) is 47.2 Å². The normalized spacial score (nSPS) is 27.4. The van der Waals surface area contributed by atoms with Crippen LogP contribution in [-0.4, -0.2) is 86.1 Å². The number of aliphatic hydroxyl groups excluding tert-OH is 1. The van der Waals surface area contributed by atoms with Gasteiger partial charge >= 0.3 is 0 Å². The fraction of sp³-hybridized carbons (Fsp3) is 0.565. The average Bonchev–Trinajstić information content (AvgIpc) is 3.08. The Labute approximate surface area is 190 Å². The van der Waals surface area contributed by atoms with Crippen molar-refractivity contribution in [3.63, 3.8) is 0 Å². The fourth-order valence-corrected chi connectivity index (χ4v) is 6.10. The number of nitrogens with zero attached hydrogens (tertiary/aromatic N) is 2. The van der Waals surface area contributed by atoms with E-state index in [-0.39, 0.29) is 24.1 Å². The standard InChI is InChI=1S/C23H33N3O5S/c27-21-20(16-26(23(21)29)11-10-25-12-14-32(30,31)15-13-25)22(28)24-19-8-6-18(7-9-19)17-4-2-1-3-5-17/h1-5,18-19,27,30-31H,6-16H2,(H,24,28). The quantitative estimate of drug-likeness (QED) is 0.516. The summed E-state index contributed by atoms with van der Waals surface area (Å²) in [4.78, 5) is 28.8. The Balaban J connectivity index is 1.24. The lowest BCUT2D eigenvalue weighted by Gasteiger charge is -2.41. The highest BCUT2D eigenvalue weighted by molar-refractivity contribution is 8.24. The third kappa shape index (κ3) is 5.46. The van der Waals surface area contributed by atoms with Gasteiger partial charge in [0.15, 0.2) is 5.76 Å². The summed E-state index contributed by atoms with van der Waals surface area (Å²) < 4.78 is 19.4. The number of rotatable bonds is 6. The number of aliphatic hydroxyl groups is 1. The van der Waals surface area contributed by atoms with Crippen LogP contribution in [0.4, 0.5) is 0 Å². The molecular formula is C23H33N3O5S. The van der Waals surface area contributed by atoms with E-state index in [4.69, 9.17) is 0 Å².